The number of carbonyl (C=O) groups excluding carboxylic acids is 1. The van der Waals surface area contributed by atoms with Crippen molar-refractivity contribution in [3.8, 4) is 28.3 Å². The first-order chi connectivity index (χ1) is 23.8. The van der Waals surface area contributed by atoms with Gasteiger partial charge in [0.2, 0.25) is 11.8 Å². The second-order valence-electron chi connectivity index (χ2n) is 14.6. The molecule has 1 atom stereocenters. The number of rotatable bonds is 6. The van der Waals surface area contributed by atoms with Crippen molar-refractivity contribution in [3.05, 3.63) is 107 Å². The average Bonchev–Trinajstić information content (AvgIpc) is 3.79. The van der Waals surface area contributed by atoms with E-state index in [1.165, 1.54) is 12.1 Å². The molecule has 0 saturated heterocycles. The molecule has 50 heavy (non-hydrogen) atoms. The van der Waals surface area contributed by atoms with E-state index in [1.54, 1.807) is 18.2 Å². The minimum atomic E-state index is -4.17. The van der Waals surface area contributed by atoms with Crippen molar-refractivity contribution in [1.82, 2.24) is 25.1 Å². The van der Waals surface area contributed by atoms with Gasteiger partial charge in [0, 0.05) is 40.9 Å². The van der Waals surface area contributed by atoms with Gasteiger partial charge < -0.3 is 9.64 Å². The molecule has 3 heterocycles. The molecule has 5 aromatic rings. The highest BCUT2D eigenvalue weighted by molar-refractivity contribution is 7.92. The van der Waals surface area contributed by atoms with Crippen LogP contribution in [-0.2, 0) is 16.6 Å². The number of hydrogen-bond donors (Lipinski definition) is 2. The second-order valence-corrected chi connectivity index (χ2v) is 16.3. The van der Waals surface area contributed by atoms with Gasteiger partial charge in [0.1, 0.15) is 6.61 Å². The normalized spacial score (nSPS) is 17.6. The van der Waals surface area contributed by atoms with E-state index in [-0.39, 0.29) is 46.8 Å². The number of ether oxygens (including phenoxy) is 1. The van der Waals surface area contributed by atoms with Crippen LogP contribution >= 0.6 is 0 Å². The van der Waals surface area contributed by atoms with E-state index in [1.807, 2.05) is 55.3 Å². The van der Waals surface area contributed by atoms with Gasteiger partial charge in [0.05, 0.1) is 22.8 Å². The summed E-state index contributed by atoms with van der Waals surface area (Å²) < 4.78 is 36.5. The molecule has 2 aromatic heterocycles. The van der Waals surface area contributed by atoms with Crippen LogP contribution in [0.15, 0.2) is 83.9 Å². The smallest absolute Gasteiger partial charge is 0.264 e. The molecule has 10 nitrogen and oxygen atoms in total. The van der Waals surface area contributed by atoms with Gasteiger partial charge in [-0.25, -0.2) is 18.1 Å². The van der Waals surface area contributed by atoms with Crippen LogP contribution in [0.2, 0.25) is 0 Å². The van der Waals surface area contributed by atoms with E-state index in [2.05, 4.69) is 57.8 Å². The van der Waals surface area contributed by atoms with Gasteiger partial charge in [-0.15, -0.1) is 0 Å². The van der Waals surface area contributed by atoms with Crippen molar-refractivity contribution in [2.75, 3.05) is 11.3 Å². The first-order valence-corrected chi connectivity index (χ1v) is 18.5. The molecule has 1 aliphatic carbocycles. The number of carbonyl (C=O) groups is 1. The molecule has 0 radical (unpaired) electrons. The first kappa shape index (κ1) is 33.5. The summed E-state index contributed by atoms with van der Waals surface area (Å²) in [4.78, 5) is 25.5. The van der Waals surface area contributed by atoms with E-state index < -0.39 is 16.1 Å². The highest BCUT2D eigenvalue weighted by Gasteiger charge is 2.32. The van der Waals surface area contributed by atoms with Crippen molar-refractivity contribution in [3.63, 3.8) is 0 Å². The number of hydrogen-bond acceptors (Lipinski definition) is 7. The lowest BCUT2D eigenvalue weighted by Gasteiger charge is -2.36. The van der Waals surface area contributed by atoms with Crippen LogP contribution in [0.1, 0.15) is 78.7 Å². The van der Waals surface area contributed by atoms with Crippen LogP contribution < -0.4 is 9.46 Å². The molecule has 0 spiro atoms. The second kappa shape index (κ2) is 13.0. The molecule has 258 valence electrons. The number of H-pyrrole nitrogens is 1. The minimum absolute atomic E-state index is 0.0620. The molecule has 2 N–H and O–H groups in total. The third-order valence-corrected chi connectivity index (χ3v) is 10.6. The summed E-state index contributed by atoms with van der Waals surface area (Å²) in [5.74, 6) is 0.311. The van der Waals surface area contributed by atoms with Crippen LogP contribution in [0.4, 0.5) is 5.95 Å². The Labute approximate surface area is 293 Å². The number of nitrogens with zero attached hydrogens (tertiary/aromatic N) is 4. The Morgan fingerprint density at radius 2 is 1.64 bits per heavy atom. The number of benzene rings is 3. The summed E-state index contributed by atoms with van der Waals surface area (Å²) in [7, 11) is -4.17. The fourth-order valence-electron chi connectivity index (χ4n) is 6.79. The van der Waals surface area contributed by atoms with Crippen molar-refractivity contribution >= 4 is 21.9 Å². The molecule has 4 bridgehead atoms. The summed E-state index contributed by atoms with van der Waals surface area (Å²) in [6.45, 7) is 10.8. The van der Waals surface area contributed by atoms with E-state index in [0.717, 1.165) is 51.9 Å². The SMILES string of the molecule is Cc1cccc(C)c1-c1cc2nc(n1)NS(=O)(=O)c1cccc(c1)C(=O)N(Cc1cccc(-c3cn[nH]c3C3CC3)c1)[C@H](CC(C)(C)C)CO2. The summed E-state index contributed by atoms with van der Waals surface area (Å²) >= 11 is 0. The third-order valence-electron chi connectivity index (χ3n) is 9.28. The fourth-order valence-corrected chi connectivity index (χ4v) is 7.78. The van der Waals surface area contributed by atoms with E-state index in [0.29, 0.717) is 18.0 Å². The summed E-state index contributed by atoms with van der Waals surface area (Å²) in [5, 5.41) is 7.53. The number of fused-ring (bicyclic) bond motifs is 4. The molecular formula is C39H42N6O4S. The van der Waals surface area contributed by atoms with E-state index in [9.17, 15) is 13.2 Å². The molecule has 1 saturated carbocycles. The number of aryl methyl sites for hydroxylation is 2. The zero-order valence-corrected chi connectivity index (χ0v) is 29.8. The predicted molar refractivity (Wildman–Crippen MR) is 193 cm³/mol. The Kier molecular flexibility index (Phi) is 8.71. The van der Waals surface area contributed by atoms with Crippen molar-refractivity contribution in [1.29, 1.82) is 0 Å². The summed E-state index contributed by atoms with van der Waals surface area (Å²) in [6.07, 6.45) is 4.78. The van der Waals surface area contributed by atoms with Crippen LogP contribution in [0.5, 0.6) is 5.88 Å². The van der Waals surface area contributed by atoms with Crippen LogP contribution in [0, 0.1) is 19.3 Å². The molecule has 11 heteroatoms. The van der Waals surface area contributed by atoms with Crippen LogP contribution in [0.3, 0.4) is 0 Å². The summed E-state index contributed by atoms with van der Waals surface area (Å²) in [5.41, 5.74) is 7.66. The van der Waals surface area contributed by atoms with Crippen molar-refractivity contribution < 1.29 is 17.9 Å². The molecule has 0 unspecified atom stereocenters. The maximum Gasteiger partial charge on any atom is 0.264 e. The lowest BCUT2D eigenvalue weighted by molar-refractivity contribution is 0.0513. The number of aromatic amines is 1. The fraction of sp³-hybridized carbons (Fsp3) is 0.333. The number of amides is 1. The zero-order chi connectivity index (χ0) is 35.2. The van der Waals surface area contributed by atoms with Gasteiger partial charge in [-0.05, 0) is 85.0 Å². The Morgan fingerprint density at radius 1 is 0.920 bits per heavy atom. The maximum absolute atomic E-state index is 14.6. The van der Waals surface area contributed by atoms with Gasteiger partial charge in [-0.1, -0.05) is 63.2 Å². The number of anilines is 1. The third kappa shape index (κ3) is 7.14. The number of sulfonamides is 1. The van der Waals surface area contributed by atoms with Gasteiger partial charge in [-0.2, -0.15) is 10.1 Å². The Hall–Kier alpha value is -5.03. The van der Waals surface area contributed by atoms with Crippen LogP contribution in [0.25, 0.3) is 22.4 Å². The molecule has 3 aromatic carbocycles. The van der Waals surface area contributed by atoms with Gasteiger partial charge >= 0.3 is 0 Å². The molecule has 7 rings (SSSR count). The lowest BCUT2D eigenvalue weighted by atomic mass is 9.87. The monoisotopic (exact) mass is 690 g/mol. The van der Waals surface area contributed by atoms with Gasteiger partial charge in [-0.3, -0.25) is 9.89 Å². The topological polar surface area (TPSA) is 130 Å². The zero-order valence-electron chi connectivity index (χ0n) is 29.0. The number of aromatic nitrogens is 4. The van der Waals surface area contributed by atoms with Crippen LogP contribution in [-0.4, -0.2) is 52.0 Å². The standard InChI is InChI=1S/C39H42N6O4S/c1-24-9-6-10-25(2)35(24)33-19-34-42-38(41-33)44-50(47,48)31-14-8-13-29(18-31)37(46)45(30(23-49-34)20-39(3,4)5)22-26-11-7-12-28(17-26)32-21-40-43-36(32)27-15-16-27/h6-14,17-19,21,27,30H,15-16,20,22-23H2,1-5H3,(H,40,43)(H,41,42,44)/t30-/m1/s1. The molecule has 1 aliphatic heterocycles. The van der Waals surface area contributed by atoms with Gasteiger partial charge in [0.25, 0.3) is 15.9 Å². The molecule has 2 aliphatic rings. The Morgan fingerprint density at radius 3 is 2.38 bits per heavy atom. The quantitative estimate of drug-likeness (QED) is 0.187. The van der Waals surface area contributed by atoms with E-state index in [4.69, 9.17) is 4.74 Å². The maximum atomic E-state index is 14.6. The van der Waals surface area contributed by atoms with E-state index >= 15 is 0 Å². The largest absolute Gasteiger partial charge is 0.475 e. The molecular weight excluding hydrogens is 649 g/mol. The molecule has 1 fully saturated rings. The summed E-state index contributed by atoms with van der Waals surface area (Å²) in [6, 6.07) is 21.6. The Bertz CT molecular complexity index is 2160. The molecule has 1 amide bonds. The highest BCUT2D eigenvalue weighted by atomic mass is 32.2. The average molecular weight is 691 g/mol. The first-order valence-electron chi connectivity index (χ1n) is 17.0. The number of nitrogens with one attached hydrogen (secondary N) is 2. The van der Waals surface area contributed by atoms with Crippen molar-refractivity contribution in [2.45, 2.75) is 77.3 Å². The lowest BCUT2D eigenvalue weighted by Crippen LogP contribution is -2.45. The van der Waals surface area contributed by atoms with Crippen molar-refractivity contribution in [2.24, 2.45) is 5.41 Å². The highest BCUT2D eigenvalue weighted by Crippen LogP contribution is 2.43. The Balaban J connectivity index is 1.33. The minimum Gasteiger partial charge on any atom is -0.475 e. The van der Waals surface area contributed by atoms with Gasteiger partial charge in [0.15, 0.2) is 0 Å². The predicted octanol–water partition coefficient (Wildman–Crippen LogP) is 7.67.